The van der Waals surface area contributed by atoms with Crippen molar-refractivity contribution < 1.29 is 0 Å². The number of nitrogens with zero attached hydrogens (tertiary/aromatic N) is 1. The van der Waals surface area contributed by atoms with Gasteiger partial charge in [-0.05, 0) is 18.6 Å². The molecule has 0 amide bonds. The van der Waals surface area contributed by atoms with Crippen molar-refractivity contribution in [3.63, 3.8) is 0 Å². The molecule has 0 atom stereocenters. The average Bonchev–Trinajstić information content (AvgIpc) is 2.61. The average molecular weight is 294 g/mol. The van der Waals surface area contributed by atoms with E-state index in [9.17, 15) is 0 Å². The fourth-order valence-corrected chi connectivity index (χ4v) is 3.81. The monoisotopic (exact) mass is 293 g/mol. The summed E-state index contributed by atoms with van der Waals surface area (Å²) in [5.74, 6) is 2.32. The summed E-state index contributed by atoms with van der Waals surface area (Å²) in [5, 5.41) is 2.24. The van der Waals surface area contributed by atoms with Gasteiger partial charge in [-0.25, -0.2) is 4.98 Å². The Morgan fingerprint density at radius 3 is 2.71 bits per heavy atom. The van der Waals surface area contributed by atoms with E-state index in [-0.39, 0.29) is 0 Å². The van der Waals surface area contributed by atoms with E-state index in [1.54, 1.807) is 0 Å². The zero-order valence-electron chi connectivity index (χ0n) is 8.68. The summed E-state index contributed by atoms with van der Waals surface area (Å²) >= 11 is 7.35. The topological polar surface area (TPSA) is 12.9 Å². The Morgan fingerprint density at radius 2 is 2.21 bits per heavy atom. The van der Waals surface area contributed by atoms with Crippen LogP contribution in [-0.2, 0) is 17.5 Å². The Hall–Kier alpha value is 0.460. The largest absolute Gasteiger partial charge is 0.245 e. The van der Waals surface area contributed by atoms with Gasteiger partial charge in [0.25, 0.3) is 0 Å². The second kappa shape index (κ2) is 6.85. The van der Waals surface area contributed by atoms with Crippen LogP contribution in [0.15, 0.2) is 0 Å². The van der Waals surface area contributed by atoms with Crippen LogP contribution in [0.4, 0.5) is 0 Å². The van der Waals surface area contributed by atoms with Crippen LogP contribution in [0.1, 0.15) is 35.8 Å². The van der Waals surface area contributed by atoms with Gasteiger partial charge in [0, 0.05) is 16.0 Å². The highest BCUT2D eigenvalue weighted by Gasteiger charge is 2.07. The third-order valence-corrected chi connectivity index (χ3v) is 5.24. The zero-order chi connectivity index (χ0) is 10.4. The molecule has 0 spiro atoms. The van der Waals surface area contributed by atoms with Gasteiger partial charge in [0.05, 0.1) is 5.69 Å². The fraction of sp³-hybridized carbons (Fsp3) is 0.700. The molecule has 0 aromatic carbocycles. The molecule has 0 aliphatic heterocycles. The first kappa shape index (κ1) is 12.5. The van der Waals surface area contributed by atoms with Gasteiger partial charge in [-0.1, -0.05) is 29.8 Å². The molecule has 0 aliphatic rings. The summed E-state index contributed by atoms with van der Waals surface area (Å²) in [6, 6.07) is 0. The molecule has 80 valence electrons. The van der Waals surface area contributed by atoms with E-state index in [1.807, 2.05) is 23.1 Å². The Balaban J connectivity index is 2.55. The van der Waals surface area contributed by atoms with Gasteiger partial charge in [-0.3, -0.25) is 0 Å². The van der Waals surface area contributed by atoms with Crippen LogP contribution in [-0.4, -0.2) is 10.7 Å². The molecular formula is C10H16BrNS2. The van der Waals surface area contributed by atoms with Crippen molar-refractivity contribution in [1.29, 1.82) is 0 Å². The molecule has 0 fully saturated rings. The molecule has 1 nitrogen and oxygen atoms in total. The molecule has 0 N–H and O–H groups in total. The van der Waals surface area contributed by atoms with Crippen LogP contribution in [0.2, 0.25) is 0 Å². The molecule has 0 bridgehead atoms. The molecule has 4 heteroatoms. The van der Waals surface area contributed by atoms with Gasteiger partial charge in [-0.15, -0.1) is 11.3 Å². The lowest BCUT2D eigenvalue weighted by molar-refractivity contribution is 1.02. The molecule has 0 saturated heterocycles. The van der Waals surface area contributed by atoms with Crippen LogP contribution in [0.3, 0.4) is 0 Å². The first-order valence-corrected chi connectivity index (χ1v) is 8.02. The summed E-state index contributed by atoms with van der Waals surface area (Å²) in [6.45, 7) is 4.39. The number of alkyl halides is 1. The van der Waals surface area contributed by atoms with Crippen molar-refractivity contribution in [3.8, 4) is 0 Å². The number of thiazole rings is 1. The first-order chi connectivity index (χ1) is 6.81. The maximum atomic E-state index is 4.64. The van der Waals surface area contributed by atoms with Crippen molar-refractivity contribution in [3.05, 3.63) is 15.6 Å². The van der Waals surface area contributed by atoms with Gasteiger partial charge in [0.2, 0.25) is 0 Å². The molecule has 1 aromatic rings. The molecule has 1 heterocycles. The maximum Gasteiger partial charge on any atom is 0.103 e. The van der Waals surface area contributed by atoms with E-state index in [1.165, 1.54) is 27.8 Å². The Morgan fingerprint density at radius 1 is 1.43 bits per heavy atom. The number of aryl methyl sites for hydroxylation is 1. The number of halogens is 1. The van der Waals surface area contributed by atoms with E-state index in [0.29, 0.717) is 0 Å². The van der Waals surface area contributed by atoms with Crippen LogP contribution in [0.5, 0.6) is 0 Å². The third kappa shape index (κ3) is 3.55. The Labute approximate surface area is 103 Å². The maximum absolute atomic E-state index is 4.64. The van der Waals surface area contributed by atoms with Crippen LogP contribution in [0.25, 0.3) is 0 Å². The van der Waals surface area contributed by atoms with Crippen molar-refractivity contribution in [2.24, 2.45) is 0 Å². The van der Waals surface area contributed by atoms with Gasteiger partial charge >= 0.3 is 0 Å². The lowest BCUT2D eigenvalue weighted by Gasteiger charge is -1.93. The Bertz CT molecular complexity index is 252. The number of hydrogen-bond acceptors (Lipinski definition) is 3. The Kier molecular flexibility index (Phi) is 6.13. The minimum Gasteiger partial charge on any atom is -0.245 e. The lowest BCUT2D eigenvalue weighted by Crippen LogP contribution is -1.86. The highest BCUT2D eigenvalue weighted by Crippen LogP contribution is 2.25. The number of hydrogen-bond donors (Lipinski definition) is 0. The number of thioether (sulfide) groups is 1. The van der Waals surface area contributed by atoms with Crippen molar-refractivity contribution >= 4 is 39.0 Å². The standard InChI is InChI=1S/C10H16BrNS2/c1-3-5-13-7-10-12-8(4-2)9(6-11)14-10/h3-7H2,1-2H3. The minimum atomic E-state index is 0.951. The predicted molar refractivity (Wildman–Crippen MR) is 70.6 cm³/mol. The predicted octanol–water partition coefficient (Wildman–Crippen LogP) is 4.24. The smallest absolute Gasteiger partial charge is 0.103 e. The second-order valence-corrected chi connectivity index (χ2v) is 5.85. The fourth-order valence-electron chi connectivity index (χ4n) is 1.18. The van der Waals surface area contributed by atoms with E-state index in [2.05, 4.69) is 34.8 Å². The molecule has 1 rings (SSSR count). The lowest BCUT2D eigenvalue weighted by atomic mass is 10.3. The van der Waals surface area contributed by atoms with Crippen LogP contribution < -0.4 is 0 Å². The summed E-state index contributed by atoms with van der Waals surface area (Å²) in [7, 11) is 0. The molecule has 1 aromatic heterocycles. The van der Waals surface area contributed by atoms with E-state index in [4.69, 9.17) is 0 Å². The van der Waals surface area contributed by atoms with Crippen molar-refractivity contribution in [1.82, 2.24) is 4.98 Å². The van der Waals surface area contributed by atoms with E-state index >= 15 is 0 Å². The SMILES string of the molecule is CCCSCc1nc(CC)c(CBr)s1. The van der Waals surface area contributed by atoms with E-state index < -0.39 is 0 Å². The third-order valence-electron chi connectivity index (χ3n) is 1.85. The van der Waals surface area contributed by atoms with Gasteiger partial charge < -0.3 is 0 Å². The highest BCUT2D eigenvalue weighted by molar-refractivity contribution is 9.08. The number of aromatic nitrogens is 1. The molecule has 14 heavy (non-hydrogen) atoms. The van der Waals surface area contributed by atoms with Gasteiger partial charge in [0.1, 0.15) is 5.01 Å². The van der Waals surface area contributed by atoms with E-state index in [0.717, 1.165) is 17.5 Å². The van der Waals surface area contributed by atoms with Gasteiger partial charge in [-0.2, -0.15) is 11.8 Å². The normalized spacial score (nSPS) is 10.8. The first-order valence-electron chi connectivity index (χ1n) is 4.92. The zero-order valence-corrected chi connectivity index (χ0v) is 11.9. The molecule has 0 radical (unpaired) electrons. The van der Waals surface area contributed by atoms with Crippen LogP contribution in [0, 0.1) is 0 Å². The summed E-state index contributed by atoms with van der Waals surface area (Å²) in [4.78, 5) is 6.04. The quantitative estimate of drug-likeness (QED) is 0.575. The summed E-state index contributed by atoms with van der Waals surface area (Å²) in [6.07, 6.45) is 2.30. The second-order valence-electron chi connectivity index (χ2n) is 3.02. The molecule has 0 aliphatic carbocycles. The molecular weight excluding hydrogens is 278 g/mol. The summed E-state index contributed by atoms with van der Waals surface area (Å²) in [5.41, 5.74) is 1.28. The highest BCUT2D eigenvalue weighted by atomic mass is 79.9. The minimum absolute atomic E-state index is 0.951. The van der Waals surface area contributed by atoms with Crippen molar-refractivity contribution in [2.75, 3.05) is 5.75 Å². The van der Waals surface area contributed by atoms with Gasteiger partial charge in [0.15, 0.2) is 0 Å². The van der Waals surface area contributed by atoms with Crippen molar-refractivity contribution in [2.45, 2.75) is 37.8 Å². The summed E-state index contributed by atoms with van der Waals surface area (Å²) < 4.78 is 0. The van der Waals surface area contributed by atoms with Crippen LogP contribution >= 0.6 is 39.0 Å². The molecule has 0 saturated carbocycles. The molecule has 0 unspecified atom stereocenters. The number of rotatable bonds is 6.